The van der Waals surface area contributed by atoms with Gasteiger partial charge in [0.25, 0.3) is 0 Å². The number of hydrogen-bond donors (Lipinski definition) is 0. The molecule has 0 N–H and O–H groups in total. The minimum absolute atomic E-state index is 0. The van der Waals surface area contributed by atoms with Crippen LogP contribution in [-0.4, -0.2) is 75.6 Å². The first-order chi connectivity index (χ1) is 27.6. The van der Waals surface area contributed by atoms with E-state index in [4.69, 9.17) is 23.7 Å². The fourth-order valence-corrected chi connectivity index (χ4v) is 7.18. The maximum Gasteiger partial charge on any atom is 0.312 e. The molecule has 0 amide bonds. The summed E-state index contributed by atoms with van der Waals surface area (Å²) in [7, 11) is 0. The molecular formula is C57H129NO6. The zero-order valence-corrected chi connectivity index (χ0v) is 42.9. The summed E-state index contributed by atoms with van der Waals surface area (Å²) in [4.78, 5) is 14.9. The molecule has 2 fully saturated rings. The minimum Gasteiger partial charge on any atom is -0.465 e. The van der Waals surface area contributed by atoms with Crippen LogP contribution < -0.4 is 0 Å². The van der Waals surface area contributed by atoms with Crippen molar-refractivity contribution in [3.8, 4) is 0 Å². The molecule has 0 atom stereocenters. The number of carbonyl (C=O) groups excluding carboxylic acids is 1. The predicted octanol–water partition coefficient (Wildman–Crippen LogP) is 18.8. The van der Waals surface area contributed by atoms with Crippen molar-refractivity contribution in [2.24, 2.45) is 21.7 Å². The highest BCUT2D eigenvalue weighted by molar-refractivity contribution is 5.76. The fourth-order valence-electron chi connectivity index (χ4n) is 7.18. The summed E-state index contributed by atoms with van der Waals surface area (Å²) >= 11 is 0. The average Bonchev–Trinajstić information content (AvgIpc) is 3.28. The molecule has 2 rings (SSSR count). The Balaban J connectivity index is -0.0000000713. The number of nitrogens with zero attached hydrogens (tertiary/aromatic N) is 1. The van der Waals surface area contributed by atoms with Gasteiger partial charge in [-0.2, -0.15) is 0 Å². The third-order valence-corrected chi connectivity index (χ3v) is 13.7. The molecule has 2 saturated heterocycles. The summed E-state index contributed by atoms with van der Waals surface area (Å²) in [6.07, 6.45) is 21.6. The van der Waals surface area contributed by atoms with Crippen LogP contribution >= 0.6 is 0 Å². The lowest BCUT2D eigenvalue weighted by Gasteiger charge is -2.42. The van der Waals surface area contributed by atoms with Crippen molar-refractivity contribution in [3.05, 3.63) is 24.3 Å². The average molecular weight is 925 g/mol. The van der Waals surface area contributed by atoms with Crippen LogP contribution in [0.3, 0.4) is 0 Å². The second-order valence-corrected chi connectivity index (χ2v) is 16.3. The van der Waals surface area contributed by atoms with Gasteiger partial charge in [0.1, 0.15) is 0 Å². The lowest BCUT2D eigenvalue weighted by atomic mass is 9.78. The molecular weight excluding hydrogens is 795 g/mol. The highest BCUT2D eigenvalue weighted by Crippen LogP contribution is 2.36. The molecule has 64 heavy (non-hydrogen) atoms. The van der Waals surface area contributed by atoms with E-state index in [1.807, 2.05) is 65.8 Å². The normalized spacial score (nSPS) is 17.7. The van der Waals surface area contributed by atoms with Gasteiger partial charge >= 0.3 is 5.97 Å². The van der Waals surface area contributed by atoms with Crippen LogP contribution in [0.2, 0.25) is 0 Å². The third-order valence-electron chi connectivity index (χ3n) is 13.7. The van der Waals surface area contributed by atoms with Crippen LogP contribution in [0.5, 0.6) is 0 Å². The Morgan fingerprint density at radius 1 is 0.516 bits per heavy atom. The number of allylic oxidation sites excluding steroid dienone is 4. The molecule has 2 aliphatic heterocycles. The van der Waals surface area contributed by atoms with Gasteiger partial charge in [0.15, 0.2) is 12.6 Å². The molecule has 0 aromatic carbocycles. The summed E-state index contributed by atoms with van der Waals surface area (Å²) < 4.78 is 27.4. The van der Waals surface area contributed by atoms with E-state index in [9.17, 15) is 4.79 Å². The Labute approximate surface area is 408 Å². The summed E-state index contributed by atoms with van der Waals surface area (Å²) in [5.74, 6) is 0.00900. The monoisotopic (exact) mass is 924 g/mol. The highest BCUT2D eigenvalue weighted by atomic mass is 16.7. The Morgan fingerprint density at radius 3 is 0.938 bits per heavy atom. The van der Waals surface area contributed by atoms with Gasteiger partial charge in [0.05, 0.1) is 43.9 Å². The standard InChI is InChI=1S/C16H32O2.C9H21N.C9H16O4.C9H20.2C4H8.6CH4/c1-7-15(8-2,9-3)13-18-14(17)16(10-4,11-5)12-6;1-5-9(6-2)10(7-3)8-4;1-7-10-3-9(4-11-7)5-12-8(2)13-6-9;1-5-9(6-2,7-3)8-4;2*1-3-4-2;;;;;;/h7-13H2,1-6H3;9H,5-8H2,1-4H3;7-8H,3-6H2,1-2H3;5-8H2,1-4H3;2*3-4H,1-2H3;6*1H4. The quantitative estimate of drug-likeness (QED) is 0.100. The molecule has 7 heteroatoms. The van der Waals surface area contributed by atoms with Crippen LogP contribution in [-0.2, 0) is 28.5 Å². The summed E-state index contributed by atoms with van der Waals surface area (Å²) in [6, 6.07) is 0.815. The highest BCUT2D eigenvalue weighted by Gasteiger charge is 2.40. The number of hydrogen-bond acceptors (Lipinski definition) is 7. The third kappa shape index (κ3) is 35.0. The molecule has 1 spiro atoms. The first-order valence-corrected chi connectivity index (χ1v) is 24.1. The molecule has 2 heterocycles. The van der Waals surface area contributed by atoms with Crippen molar-refractivity contribution in [2.45, 2.75) is 279 Å². The van der Waals surface area contributed by atoms with E-state index in [1.54, 1.807) is 0 Å². The van der Waals surface area contributed by atoms with E-state index in [0.29, 0.717) is 38.4 Å². The maximum absolute atomic E-state index is 12.3. The van der Waals surface area contributed by atoms with Gasteiger partial charge in [-0.15, -0.1) is 0 Å². The molecule has 0 bridgehead atoms. The lowest BCUT2D eigenvalue weighted by molar-refractivity contribution is -0.294. The van der Waals surface area contributed by atoms with Crippen LogP contribution in [0.1, 0.15) is 260 Å². The summed E-state index contributed by atoms with van der Waals surface area (Å²) in [5.41, 5.74) is 0.511. The van der Waals surface area contributed by atoms with Crippen molar-refractivity contribution in [2.75, 3.05) is 46.1 Å². The van der Waals surface area contributed by atoms with Crippen molar-refractivity contribution in [1.82, 2.24) is 4.90 Å². The van der Waals surface area contributed by atoms with E-state index in [0.717, 1.165) is 44.6 Å². The molecule has 7 nitrogen and oxygen atoms in total. The van der Waals surface area contributed by atoms with Gasteiger partial charge in [-0.3, -0.25) is 4.79 Å². The fraction of sp³-hybridized carbons (Fsp3) is 0.912. The van der Waals surface area contributed by atoms with Crippen LogP contribution in [0.25, 0.3) is 0 Å². The van der Waals surface area contributed by atoms with Gasteiger partial charge in [-0.1, -0.05) is 191 Å². The Hall–Kier alpha value is -1.25. The van der Waals surface area contributed by atoms with Gasteiger partial charge in [0.2, 0.25) is 0 Å². The van der Waals surface area contributed by atoms with Crippen LogP contribution in [0, 0.1) is 21.7 Å². The van der Waals surface area contributed by atoms with E-state index in [1.165, 1.54) is 51.6 Å². The Kier molecular flexibility index (Phi) is 70.8. The lowest BCUT2D eigenvalue weighted by Crippen LogP contribution is -2.51. The van der Waals surface area contributed by atoms with Crippen LogP contribution in [0.15, 0.2) is 24.3 Å². The summed E-state index contributed by atoms with van der Waals surface area (Å²) in [6.45, 7) is 48.5. The van der Waals surface area contributed by atoms with E-state index in [-0.39, 0.29) is 79.4 Å². The number of esters is 1. The Bertz CT molecular complexity index is 844. The van der Waals surface area contributed by atoms with E-state index < -0.39 is 0 Å². The second kappa shape index (κ2) is 52.7. The molecule has 0 aromatic rings. The first-order valence-electron chi connectivity index (χ1n) is 24.1. The minimum atomic E-state index is -0.263. The maximum atomic E-state index is 12.3. The van der Waals surface area contributed by atoms with Crippen LogP contribution in [0.4, 0.5) is 0 Å². The second-order valence-electron chi connectivity index (χ2n) is 16.3. The molecule has 0 radical (unpaired) electrons. The molecule has 0 saturated carbocycles. The topological polar surface area (TPSA) is 66.5 Å². The largest absolute Gasteiger partial charge is 0.465 e. The first kappa shape index (κ1) is 86.0. The van der Waals surface area contributed by atoms with E-state index in [2.05, 4.69) is 102 Å². The smallest absolute Gasteiger partial charge is 0.312 e. The zero-order valence-electron chi connectivity index (χ0n) is 42.9. The predicted molar refractivity (Wildman–Crippen MR) is 295 cm³/mol. The van der Waals surface area contributed by atoms with Crippen molar-refractivity contribution >= 4 is 5.97 Å². The van der Waals surface area contributed by atoms with Crippen molar-refractivity contribution in [1.29, 1.82) is 0 Å². The summed E-state index contributed by atoms with van der Waals surface area (Å²) in [5, 5.41) is 0. The number of ether oxygens (including phenoxy) is 5. The number of carbonyl (C=O) groups is 1. The molecule has 0 aromatic heterocycles. The molecule has 2 aliphatic rings. The Morgan fingerprint density at radius 2 is 0.781 bits per heavy atom. The van der Waals surface area contributed by atoms with E-state index >= 15 is 0 Å². The number of rotatable bonds is 18. The van der Waals surface area contributed by atoms with Crippen molar-refractivity contribution in [3.63, 3.8) is 0 Å². The van der Waals surface area contributed by atoms with Gasteiger partial charge in [-0.25, -0.2) is 0 Å². The van der Waals surface area contributed by atoms with Gasteiger partial charge in [-0.05, 0) is 111 Å². The SMILES string of the molecule is C.C.C.C.C.C.CC1OCC2(CO1)COC(C)OC2.CC=CC.CC=CC.CCC(CC)(CC)CC.CCC(CC)(CC)COC(=O)C(CC)(CC)CC.CCC(CC)N(CC)CC. The van der Waals surface area contributed by atoms with Gasteiger partial charge in [0, 0.05) is 11.5 Å². The zero-order chi connectivity index (χ0) is 45.7. The molecule has 0 aliphatic carbocycles. The molecule has 0 unspecified atom stereocenters. The molecule has 398 valence electrons. The van der Waals surface area contributed by atoms with Crippen molar-refractivity contribution < 1.29 is 28.5 Å². The van der Waals surface area contributed by atoms with Gasteiger partial charge < -0.3 is 28.6 Å².